The molecule has 1 N–H and O–H groups in total. The van der Waals surface area contributed by atoms with Crippen LogP contribution in [0.15, 0.2) is 103 Å². The topological polar surface area (TPSA) is 46.2 Å². The van der Waals surface area contributed by atoms with Crippen LogP contribution in [0, 0.1) is 0 Å². The minimum Gasteiger partial charge on any atom is -0.355 e. The van der Waals surface area contributed by atoms with Gasteiger partial charge in [0.1, 0.15) is 7.14 Å². The molecule has 4 aromatic carbocycles. The van der Waals surface area contributed by atoms with Crippen LogP contribution in [0.3, 0.4) is 0 Å². The van der Waals surface area contributed by atoms with Gasteiger partial charge < -0.3 is 9.88 Å². The second-order valence-electron chi connectivity index (χ2n) is 9.76. The third-order valence-corrected chi connectivity index (χ3v) is 11.0. The summed E-state index contributed by atoms with van der Waals surface area (Å²) in [6.45, 7) is 4.88. The van der Waals surface area contributed by atoms with Crippen LogP contribution in [0.5, 0.6) is 0 Å². The molecule has 2 atom stereocenters. The molecule has 2 unspecified atom stereocenters. The molecule has 0 spiro atoms. The summed E-state index contributed by atoms with van der Waals surface area (Å²) in [5.41, 5.74) is 5.08. The Morgan fingerprint density at radius 3 is 1.97 bits per heavy atom. The molecule has 37 heavy (non-hydrogen) atoms. The number of rotatable bonds is 9. The number of fused-ring (bicyclic) bond motifs is 3. The lowest BCUT2D eigenvalue weighted by atomic mass is 9.93. The van der Waals surface area contributed by atoms with Crippen molar-refractivity contribution in [2.45, 2.75) is 44.7 Å². The summed E-state index contributed by atoms with van der Waals surface area (Å²) in [6.07, 6.45) is 2.58. The third kappa shape index (κ3) is 4.47. The summed E-state index contributed by atoms with van der Waals surface area (Å²) in [5, 5.41) is 4.87. The summed E-state index contributed by atoms with van der Waals surface area (Å²) >= 11 is 0. The summed E-state index contributed by atoms with van der Waals surface area (Å²) < 4.78 is 15.5. The number of carbonyl (C=O) groups excluding carboxylic acids is 1. The molecule has 4 heteroatoms. The van der Waals surface area contributed by atoms with E-state index in [1.54, 1.807) is 0 Å². The Morgan fingerprint density at radius 2 is 1.35 bits per heavy atom. The van der Waals surface area contributed by atoms with Crippen molar-refractivity contribution in [1.29, 1.82) is 0 Å². The largest absolute Gasteiger partial charge is 0.355 e. The van der Waals surface area contributed by atoms with Crippen molar-refractivity contribution < 1.29 is 9.36 Å². The van der Waals surface area contributed by atoms with E-state index >= 15 is 4.57 Å². The molecule has 0 fully saturated rings. The Kier molecular flexibility index (Phi) is 7.44. The molecule has 1 aliphatic carbocycles. The van der Waals surface area contributed by atoms with Gasteiger partial charge in [-0.1, -0.05) is 123 Å². The number of amides is 1. The highest BCUT2D eigenvalue weighted by Crippen LogP contribution is 2.62. The van der Waals surface area contributed by atoms with Crippen LogP contribution in [0.2, 0.25) is 0 Å². The Balaban J connectivity index is 1.75. The molecule has 0 radical (unpaired) electrons. The Bertz CT molecular complexity index is 1390. The smallest absolute Gasteiger partial charge is 0.232 e. The zero-order chi connectivity index (χ0) is 25.8. The van der Waals surface area contributed by atoms with E-state index in [9.17, 15) is 4.79 Å². The van der Waals surface area contributed by atoms with Crippen LogP contribution < -0.4 is 15.9 Å². The maximum Gasteiger partial charge on any atom is 0.232 e. The second kappa shape index (κ2) is 10.9. The third-order valence-electron chi connectivity index (χ3n) is 7.43. The van der Waals surface area contributed by atoms with Crippen molar-refractivity contribution in [1.82, 2.24) is 5.32 Å². The molecule has 5 rings (SSSR count). The van der Waals surface area contributed by atoms with Crippen LogP contribution in [0.4, 0.5) is 0 Å². The number of carbonyl (C=O) groups is 1. The lowest BCUT2D eigenvalue weighted by molar-refractivity contribution is -0.121. The SMILES string of the molecule is CCCNC(=O)C1c2ccccc2-c2c1cccc2C(CCC)P(=O)(c1ccccc1)c1ccccc1. The number of hydrogen-bond donors (Lipinski definition) is 1. The molecule has 0 bridgehead atoms. The highest BCUT2D eigenvalue weighted by Gasteiger charge is 2.42. The van der Waals surface area contributed by atoms with Crippen molar-refractivity contribution in [2.75, 3.05) is 6.54 Å². The van der Waals surface area contributed by atoms with Gasteiger partial charge in [-0.05, 0) is 40.7 Å². The van der Waals surface area contributed by atoms with E-state index in [1.807, 2.05) is 78.9 Å². The molecule has 0 heterocycles. The summed E-state index contributed by atoms with van der Waals surface area (Å²) in [7, 11) is -3.08. The van der Waals surface area contributed by atoms with Crippen molar-refractivity contribution in [3.8, 4) is 11.1 Å². The Labute approximate surface area is 220 Å². The highest BCUT2D eigenvalue weighted by atomic mass is 31.2. The molecule has 4 aromatic rings. The maximum atomic E-state index is 15.5. The van der Waals surface area contributed by atoms with E-state index in [2.05, 4.69) is 43.4 Å². The van der Waals surface area contributed by atoms with E-state index in [0.717, 1.165) is 57.7 Å². The maximum absolute atomic E-state index is 15.5. The number of hydrogen-bond acceptors (Lipinski definition) is 2. The van der Waals surface area contributed by atoms with E-state index < -0.39 is 7.14 Å². The predicted molar refractivity (Wildman–Crippen MR) is 154 cm³/mol. The number of nitrogens with one attached hydrogen (secondary N) is 1. The van der Waals surface area contributed by atoms with Gasteiger partial charge in [0.25, 0.3) is 0 Å². The van der Waals surface area contributed by atoms with Crippen molar-refractivity contribution in [2.24, 2.45) is 0 Å². The van der Waals surface area contributed by atoms with Gasteiger partial charge in [0, 0.05) is 22.8 Å². The monoisotopic (exact) mass is 507 g/mol. The average Bonchev–Trinajstić information content (AvgIpc) is 3.30. The molecule has 0 saturated heterocycles. The van der Waals surface area contributed by atoms with Crippen LogP contribution in [-0.2, 0) is 9.36 Å². The van der Waals surface area contributed by atoms with Crippen LogP contribution in [0.1, 0.15) is 61.4 Å². The molecular weight excluding hydrogens is 473 g/mol. The molecule has 188 valence electrons. The molecule has 0 aromatic heterocycles. The minimum atomic E-state index is -3.08. The first-order valence-electron chi connectivity index (χ1n) is 13.3. The quantitative estimate of drug-likeness (QED) is 0.244. The van der Waals surface area contributed by atoms with E-state index in [-0.39, 0.29) is 17.5 Å². The molecule has 1 amide bonds. The van der Waals surface area contributed by atoms with E-state index in [1.165, 1.54) is 0 Å². The molecule has 3 nitrogen and oxygen atoms in total. The van der Waals surface area contributed by atoms with Gasteiger partial charge in [-0.25, -0.2) is 0 Å². The standard InChI is InChI=1S/C33H34NO2P/c1-3-14-30(37(36,24-15-7-5-8-16-24)25-17-9-6-10-18-25)28-21-13-22-29-31(28)26-19-11-12-20-27(26)32(29)33(35)34-23-4-2/h5-13,15-22,30,32H,3-4,14,23H2,1-2H3,(H,34,35). The van der Waals surface area contributed by atoms with Crippen LogP contribution >= 0.6 is 7.14 Å². The Hall–Kier alpha value is -3.42. The van der Waals surface area contributed by atoms with Crippen LogP contribution in [0.25, 0.3) is 11.1 Å². The van der Waals surface area contributed by atoms with Gasteiger partial charge in [-0.2, -0.15) is 0 Å². The van der Waals surface area contributed by atoms with E-state index in [4.69, 9.17) is 0 Å². The fourth-order valence-corrected chi connectivity index (χ4v) is 9.29. The van der Waals surface area contributed by atoms with E-state index in [0.29, 0.717) is 6.54 Å². The zero-order valence-electron chi connectivity index (χ0n) is 21.6. The molecular formula is C33H34NO2P. The van der Waals surface area contributed by atoms with Gasteiger partial charge in [0.05, 0.1) is 5.92 Å². The fourth-order valence-electron chi connectivity index (χ4n) is 5.81. The van der Waals surface area contributed by atoms with Gasteiger partial charge >= 0.3 is 0 Å². The second-order valence-corrected chi connectivity index (χ2v) is 12.7. The van der Waals surface area contributed by atoms with Crippen LogP contribution in [-0.4, -0.2) is 12.5 Å². The summed E-state index contributed by atoms with van der Waals surface area (Å²) in [6, 6.07) is 34.4. The minimum absolute atomic E-state index is 0.0338. The van der Waals surface area contributed by atoms with Crippen molar-refractivity contribution >= 4 is 23.7 Å². The molecule has 0 saturated carbocycles. The van der Waals surface area contributed by atoms with Gasteiger partial charge in [0.15, 0.2) is 0 Å². The first kappa shape index (κ1) is 25.2. The highest BCUT2D eigenvalue weighted by molar-refractivity contribution is 7.79. The first-order chi connectivity index (χ1) is 18.1. The average molecular weight is 508 g/mol. The van der Waals surface area contributed by atoms with Gasteiger partial charge in [-0.15, -0.1) is 0 Å². The zero-order valence-corrected chi connectivity index (χ0v) is 22.5. The summed E-state index contributed by atoms with van der Waals surface area (Å²) in [5.74, 6) is -0.320. The normalized spacial score (nSPS) is 15.0. The summed E-state index contributed by atoms with van der Waals surface area (Å²) in [4.78, 5) is 13.4. The number of benzene rings is 4. The fraction of sp³-hybridized carbons (Fsp3) is 0.242. The van der Waals surface area contributed by atoms with Crippen molar-refractivity contribution in [3.05, 3.63) is 120 Å². The predicted octanol–water partition coefficient (Wildman–Crippen LogP) is 7.18. The van der Waals surface area contributed by atoms with Gasteiger partial charge in [0.2, 0.25) is 5.91 Å². The van der Waals surface area contributed by atoms with Crippen molar-refractivity contribution in [3.63, 3.8) is 0 Å². The first-order valence-corrected chi connectivity index (χ1v) is 15.1. The Morgan fingerprint density at radius 1 is 0.757 bits per heavy atom. The van der Waals surface area contributed by atoms with Gasteiger partial charge in [-0.3, -0.25) is 4.79 Å². The molecule has 1 aliphatic rings. The lowest BCUT2D eigenvalue weighted by Gasteiger charge is -2.31. The lowest BCUT2D eigenvalue weighted by Crippen LogP contribution is -2.29. The molecule has 0 aliphatic heterocycles.